The van der Waals surface area contributed by atoms with Gasteiger partial charge in [-0.1, -0.05) is 24.6 Å². The van der Waals surface area contributed by atoms with Crippen molar-refractivity contribution in [2.75, 3.05) is 19.4 Å². The second-order valence-corrected chi connectivity index (χ2v) is 5.93. The predicted octanol–water partition coefficient (Wildman–Crippen LogP) is 2.94. The number of aryl methyl sites for hydroxylation is 2. The zero-order valence-corrected chi connectivity index (χ0v) is 13.2. The lowest BCUT2D eigenvalue weighted by molar-refractivity contribution is -0.146. The number of nitrogens with one attached hydrogen (secondary N) is 1. The molecule has 1 aromatic carbocycles. The average Bonchev–Trinajstić information content (AvgIpc) is 2.37. The highest BCUT2D eigenvalue weighted by Crippen LogP contribution is 2.27. The molecule has 0 saturated carbocycles. The van der Waals surface area contributed by atoms with Gasteiger partial charge >= 0.3 is 5.97 Å². The van der Waals surface area contributed by atoms with Crippen LogP contribution in [0.5, 0.6) is 0 Å². The Bertz CT molecular complexity index is 448. The van der Waals surface area contributed by atoms with Crippen molar-refractivity contribution in [3.63, 3.8) is 0 Å². The zero-order chi connectivity index (χ0) is 14.5. The molecule has 0 bridgehead atoms. The Morgan fingerprint density at radius 1 is 1.42 bits per heavy atom. The van der Waals surface area contributed by atoms with Crippen molar-refractivity contribution in [1.82, 2.24) is 5.32 Å². The Kier molecular flexibility index (Phi) is 5.88. The number of likely N-dealkylation sites (N-methyl/N-ethyl adjacent to an activating group) is 1. The third kappa shape index (κ3) is 4.25. The topological polar surface area (TPSA) is 38.3 Å². The molecule has 1 unspecified atom stereocenters. The lowest BCUT2D eigenvalue weighted by Crippen LogP contribution is -2.52. The highest BCUT2D eigenvalue weighted by atomic mass is 32.2. The van der Waals surface area contributed by atoms with Crippen LogP contribution in [-0.4, -0.2) is 30.9 Å². The van der Waals surface area contributed by atoms with Crippen molar-refractivity contribution in [2.45, 2.75) is 38.1 Å². The summed E-state index contributed by atoms with van der Waals surface area (Å²) in [7, 11) is 1.43. The summed E-state index contributed by atoms with van der Waals surface area (Å²) in [6.45, 7) is 8.79. The third-order valence-electron chi connectivity index (χ3n) is 3.05. The number of carbonyl (C=O) groups is 1. The van der Waals surface area contributed by atoms with Gasteiger partial charge in [0.25, 0.3) is 0 Å². The number of carbonyl (C=O) groups excluding carboxylic acids is 1. The van der Waals surface area contributed by atoms with Gasteiger partial charge in [0, 0.05) is 10.6 Å². The molecule has 0 spiro atoms. The number of thioether (sulfide) groups is 1. The van der Waals surface area contributed by atoms with Crippen molar-refractivity contribution < 1.29 is 9.53 Å². The summed E-state index contributed by atoms with van der Waals surface area (Å²) in [5.41, 5.74) is 1.85. The minimum atomic E-state index is -0.647. The van der Waals surface area contributed by atoms with Crippen LogP contribution in [0.2, 0.25) is 0 Å². The van der Waals surface area contributed by atoms with Crippen molar-refractivity contribution in [3.8, 4) is 0 Å². The van der Waals surface area contributed by atoms with Crippen molar-refractivity contribution >= 4 is 17.7 Å². The summed E-state index contributed by atoms with van der Waals surface area (Å²) in [5.74, 6) is 0.434. The van der Waals surface area contributed by atoms with Gasteiger partial charge < -0.3 is 10.1 Å². The van der Waals surface area contributed by atoms with Crippen LogP contribution >= 0.6 is 11.8 Å². The molecule has 0 aromatic heterocycles. The van der Waals surface area contributed by atoms with E-state index in [4.69, 9.17) is 4.74 Å². The number of rotatable bonds is 6. The maximum Gasteiger partial charge on any atom is 0.326 e. The van der Waals surface area contributed by atoms with Gasteiger partial charge in [-0.05, 0) is 38.9 Å². The van der Waals surface area contributed by atoms with Gasteiger partial charge in [0.05, 0.1) is 7.11 Å². The molecule has 0 amide bonds. The van der Waals surface area contributed by atoms with Crippen molar-refractivity contribution in [2.24, 2.45) is 0 Å². The molecule has 1 rings (SSSR count). The van der Waals surface area contributed by atoms with E-state index in [9.17, 15) is 4.79 Å². The van der Waals surface area contributed by atoms with E-state index in [2.05, 4.69) is 37.4 Å². The molecular formula is C15H23NO2S. The van der Waals surface area contributed by atoms with Crippen LogP contribution in [0.25, 0.3) is 0 Å². The van der Waals surface area contributed by atoms with Crippen LogP contribution < -0.4 is 5.32 Å². The SMILES string of the molecule is CCNC(C)(CSc1ccc(C)cc1C)C(=O)OC. The van der Waals surface area contributed by atoms with E-state index in [1.807, 2.05) is 13.8 Å². The molecule has 0 fully saturated rings. The fraction of sp³-hybridized carbons (Fsp3) is 0.533. The van der Waals surface area contributed by atoms with Crippen LogP contribution in [0.1, 0.15) is 25.0 Å². The lowest BCUT2D eigenvalue weighted by Gasteiger charge is -2.27. The summed E-state index contributed by atoms with van der Waals surface area (Å²) in [6, 6.07) is 6.36. The molecule has 1 aromatic rings. The van der Waals surface area contributed by atoms with Crippen LogP contribution in [-0.2, 0) is 9.53 Å². The molecule has 19 heavy (non-hydrogen) atoms. The summed E-state index contributed by atoms with van der Waals surface area (Å²) >= 11 is 1.68. The molecule has 4 heteroatoms. The first-order valence-electron chi connectivity index (χ1n) is 6.46. The van der Waals surface area contributed by atoms with Gasteiger partial charge in [-0.25, -0.2) is 0 Å². The smallest absolute Gasteiger partial charge is 0.326 e. The van der Waals surface area contributed by atoms with Crippen LogP contribution in [0.4, 0.5) is 0 Å². The van der Waals surface area contributed by atoms with Crippen LogP contribution in [0, 0.1) is 13.8 Å². The fourth-order valence-corrected chi connectivity index (χ4v) is 3.10. The molecule has 0 heterocycles. The minimum Gasteiger partial charge on any atom is -0.468 e. The highest BCUT2D eigenvalue weighted by molar-refractivity contribution is 7.99. The molecule has 0 radical (unpaired) electrons. The standard InChI is InChI=1S/C15H23NO2S/c1-6-16-15(4,14(17)18-5)10-19-13-8-7-11(2)9-12(13)3/h7-9,16H,6,10H2,1-5H3. The Balaban J connectivity index is 2.79. The number of hydrogen-bond donors (Lipinski definition) is 1. The second kappa shape index (κ2) is 6.96. The largest absolute Gasteiger partial charge is 0.468 e. The maximum atomic E-state index is 11.9. The monoisotopic (exact) mass is 281 g/mol. The molecule has 0 aliphatic carbocycles. The molecule has 3 nitrogen and oxygen atoms in total. The number of methoxy groups -OCH3 is 1. The molecule has 0 saturated heterocycles. The first-order valence-corrected chi connectivity index (χ1v) is 7.45. The first kappa shape index (κ1) is 16.1. The van der Waals surface area contributed by atoms with Gasteiger partial charge in [0.2, 0.25) is 0 Å². The van der Waals surface area contributed by atoms with Crippen LogP contribution in [0.3, 0.4) is 0 Å². The van der Waals surface area contributed by atoms with Crippen molar-refractivity contribution in [1.29, 1.82) is 0 Å². The highest BCUT2D eigenvalue weighted by Gasteiger charge is 2.33. The average molecular weight is 281 g/mol. The fourth-order valence-electron chi connectivity index (χ4n) is 1.98. The summed E-state index contributed by atoms with van der Waals surface area (Å²) in [6.07, 6.45) is 0. The Labute approximate surface area is 120 Å². The predicted molar refractivity (Wildman–Crippen MR) is 80.7 cm³/mol. The van der Waals surface area contributed by atoms with Gasteiger partial charge in [-0.2, -0.15) is 0 Å². The molecule has 1 N–H and O–H groups in total. The normalized spacial score (nSPS) is 13.9. The third-order valence-corrected chi connectivity index (χ3v) is 4.54. The zero-order valence-electron chi connectivity index (χ0n) is 12.4. The molecule has 0 aliphatic heterocycles. The number of benzene rings is 1. The van der Waals surface area contributed by atoms with E-state index in [0.29, 0.717) is 5.75 Å². The molecule has 106 valence electrons. The van der Waals surface area contributed by atoms with E-state index in [1.165, 1.54) is 23.1 Å². The maximum absolute atomic E-state index is 11.9. The number of ether oxygens (including phenoxy) is 1. The summed E-state index contributed by atoms with van der Waals surface area (Å²) in [5, 5.41) is 3.22. The van der Waals surface area contributed by atoms with E-state index in [-0.39, 0.29) is 5.97 Å². The molecular weight excluding hydrogens is 258 g/mol. The van der Waals surface area contributed by atoms with E-state index in [0.717, 1.165) is 6.54 Å². The quantitative estimate of drug-likeness (QED) is 0.643. The van der Waals surface area contributed by atoms with Gasteiger partial charge in [0.15, 0.2) is 0 Å². The lowest BCUT2D eigenvalue weighted by atomic mass is 10.1. The van der Waals surface area contributed by atoms with E-state index < -0.39 is 5.54 Å². The Hall–Kier alpha value is -1.00. The van der Waals surface area contributed by atoms with Gasteiger partial charge in [-0.15, -0.1) is 11.8 Å². The van der Waals surface area contributed by atoms with Crippen LogP contribution in [0.15, 0.2) is 23.1 Å². The molecule has 0 aliphatic rings. The van der Waals surface area contributed by atoms with Gasteiger partial charge in [-0.3, -0.25) is 4.79 Å². The summed E-state index contributed by atoms with van der Waals surface area (Å²) in [4.78, 5) is 13.1. The number of esters is 1. The van der Waals surface area contributed by atoms with Crippen molar-refractivity contribution in [3.05, 3.63) is 29.3 Å². The van der Waals surface area contributed by atoms with E-state index in [1.54, 1.807) is 11.8 Å². The minimum absolute atomic E-state index is 0.216. The van der Waals surface area contributed by atoms with E-state index >= 15 is 0 Å². The number of hydrogen-bond acceptors (Lipinski definition) is 4. The molecule has 1 atom stereocenters. The second-order valence-electron chi connectivity index (χ2n) is 4.91. The first-order chi connectivity index (χ1) is 8.92. The Morgan fingerprint density at radius 3 is 2.63 bits per heavy atom. The van der Waals surface area contributed by atoms with Gasteiger partial charge in [0.1, 0.15) is 5.54 Å². The summed E-state index contributed by atoms with van der Waals surface area (Å²) < 4.78 is 4.89. The Morgan fingerprint density at radius 2 is 2.11 bits per heavy atom.